The average molecular weight is 216 g/mol. The van der Waals surface area contributed by atoms with Gasteiger partial charge < -0.3 is 15.3 Å². The Hall–Kier alpha value is -1.10. The lowest BCUT2D eigenvalue weighted by Gasteiger charge is -2.02. The van der Waals surface area contributed by atoms with Crippen LogP contribution >= 0.6 is 0 Å². The molecule has 0 aliphatic heterocycles. The highest BCUT2D eigenvalue weighted by Crippen LogP contribution is 1.90. The zero-order valence-corrected chi connectivity index (χ0v) is 9.45. The molecule has 0 atom stereocenters. The van der Waals surface area contributed by atoms with E-state index in [2.05, 4.69) is 17.5 Å². The lowest BCUT2D eigenvalue weighted by molar-refractivity contribution is -0.129. The molecule has 0 aromatic rings. The fourth-order valence-corrected chi connectivity index (χ4v) is 0.877. The topological polar surface area (TPSA) is 70.9 Å². The van der Waals surface area contributed by atoms with Crippen LogP contribution in [0.2, 0.25) is 0 Å². The van der Waals surface area contributed by atoms with Gasteiger partial charge in [-0.2, -0.15) is 5.10 Å². The van der Waals surface area contributed by atoms with Gasteiger partial charge in [0, 0.05) is 19.8 Å². The number of hydrogen-bond acceptors (Lipinski definition) is 4. The molecule has 0 spiro atoms. The van der Waals surface area contributed by atoms with Gasteiger partial charge in [-0.25, -0.2) is 4.79 Å². The summed E-state index contributed by atoms with van der Waals surface area (Å²) in [7, 11) is 0. The molecular formula is C10H20N2O3. The van der Waals surface area contributed by atoms with E-state index in [4.69, 9.17) is 9.84 Å². The maximum absolute atomic E-state index is 10.3. The number of unbranched alkanes of at least 4 members (excludes halogenated alkanes) is 1. The summed E-state index contributed by atoms with van der Waals surface area (Å²) in [5.41, 5.74) is 2.79. The molecule has 15 heavy (non-hydrogen) atoms. The first-order chi connectivity index (χ1) is 7.18. The maximum Gasteiger partial charge on any atom is 0.351 e. The minimum Gasteiger partial charge on any atom is -0.477 e. The third-order valence-corrected chi connectivity index (χ3v) is 1.73. The van der Waals surface area contributed by atoms with Gasteiger partial charge in [-0.1, -0.05) is 6.92 Å². The van der Waals surface area contributed by atoms with Crippen LogP contribution in [-0.4, -0.2) is 36.5 Å². The van der Waals surface area contributed by atoms with Crippen LogP contribution in [0.4, 0.5) is 0 Å². The number of hydrogen-bond donors (Lipinski definition) is 2. The Balaban J connectivity index is 3.25. The van der Waals surface area contributed by atoms with E-state index in [9.17, 15) is 4.79 Å². The molecule has 0 unspecified atom stereocenters. The van der Waals surface area contributed by atoms with Gasteiger partial charge in [0.2, 0.25) is 0 Å². The number of aliphatic carboxylic acids is 1. The summed E-state index contributed by atoms with van der Waals surface area (Å²) in [5, 5.41) is 12.2. The predicted molar refractivity (Wildman–Crippen MR) is 59.1 cm³/mol. The predicted octanol–water partition coefficient (Wildman–Crippen LogP) is 1.24. The molecule has 0 aromatic carbocycles. The van der Waals surface area contributed by atoms with E-state index in [1.54, 1.807) is 0 Å². The molecule has 2 N–H and O–H groups in total. The molecule has 0 radical (unpaired) electrons. The quantitative estimate of drug-likeness (QED) is 0.345. The van der Waals surface area contributed by atoms with Gasteiger partial charge in [0.05, 0.1) is 0 Å². The number of rotatable bonds is 9. The zero-order chi connectivity index (χ0) is 11.5. The van der Waals surface area contributed by atoms with Gasteiger partial charge in [-0.05, 0) is 26.2 Å². The molecule has 0 aliphatic carbocycles. The summed E-state index contributed by atoms with van der Waals surface area (Å²) >= 11 is 0. The fraction of sp³-hybridized carbons (Fsp3) is 0.800. The van der Waals surface area contributed by atoms with E-state index in [0.29, 0.717) is 6.54 Å². The Bertz CT molecular complexity index is 205. The van der Waals surface area contributed by atoms with E-state index in [1.165, 1.54) is 6.92 Å². The molecule has 0 rings (SSSR count). The fourth-order valence-electron chi connectivity index (χ4n) is 0.877. The molecule has 0 fully saturated rings. The van der Waals surface area contributed by atoms with Gasteiger partial charge in [-0.15, -0.1) is 0 Å². The first-order valence-electron chi connectivity index (χ1n) is 5.26. The minimum absolute atomic E-state index is 0.0808. The number of nitrogens with one attached hydrogen (secondary N) is 1. The summed E-state index contributed by atoms with van der Waals surface area (Å²) in [6, 6.07) is 0. The molecule has 0 saturated carbocycles. The van der Waals surface area contributed by atoms with Gasteiger partial charge in [0.1, 0.15) is 5.71 Å². The van der Waals surface area contributed by atoms with E-state index in [0.717, 1.165) is 32.5 Å². The van der Waals surface area contributed by atoms with Crippen LogP contribution in [0.25, 0.3) is 0 Å². The van der Waals surface area contributed by atoms with Crippen molar-refractivity contribution in [3.8, 4) is 0 Å². The molecule has 5 nitrogen and oxygen atoms in total. The third-order valence-electron chi connectivity index (χ3n) is 1.73. The Morgan fingerprint density at radius 1 is 1.40 bits per heavy atom. The standard InChI is InChI=1S/C10H20N2O3/c1-3-7-15-8-5-4-6-11-12-9(2)10(13)14/h11H,3-8H2,1-2H3,(H,13,14)/b12-9-. The summed E-state index contributed by atoms with van der Waals surface area (Å²) in [6.45, 7) is 5.78. The first-order valence-corrected chi connectivity index (χ1v) is 5.26. The molecule has 0 heterocycles. The van der Waals surface area contributed by atoms with Crippen molar-refractivity contribution in [1.82, 2.24) is 5.43 Å². The van der Waals surface area contributed by atoms with Gasteiger partial charge in [0.25, 0.3) is 0 Å². The highest BCUT2D eigenvalue weighted by Gasteiger charge is 1.99. The number of carboxylic acid groups (broad SMARTS) is 1. The smallest absolute Gasteiger partial charge is 0.351 e. The number of carbonyl (C=O) groups is 1. The van der Waals surface area contributed by atoms with Crippen LogP contribution in [-0.2, 0) is 9.53 Å². The Morgan fingerprint density at radius 3 is 2.73 bits per heavy atom. The summed E-state index contributed by atoms with van der Waals surface area (Å²) in [5.74, 6) is -0.992. The van der Waals surface area contributed by atoms with Gasteiger partial charge in [0.15, 0.2) is 0 Å². The Morgan fingerprint density at radius 2 is 2.13 bits per heavy atom. The molecular weight excluding hydrogens is 196 g/mol. The van der Waals surface area contributed by atoms with Gasteiger partial charge in [-0.3, -0.25) is 0 Å². The lowest BCUT2D eigenvalue weighted by Crippen LogP contribution is -2.16. The van der Waals surface area contributed by atoms with Crippen LogP contribution in [0.1, 0.15) is 33.1 Å². The number of hydrazone groups is 1. The van der Waals surface area contributed by atoms with Crippen LogP contribution < -0.4 is 5.43 Å². The van der Waals surface area contributed by atoms with E-state index in [1.807, 2.05) is 0 Å². The van der Waals surface area contributed by atoms with E-state index >= 15 is 0 Å². The SMILES string of the molecule is CCCOCCCCN/N=C(/C)C(=O)O. The second kappa shape index (κ2) is 9.45. The lowest BCUT2D eigenvalue weighted by atomic mass is 10.3. The summed E-state index contributed by atoms with van der Waals surface area (Å²) in [4.78, 5) is 10.3. The number of ether oxygens (including phenoxy) is 1. The molecule has 0 aromatic heterocycles. The van der Waals surface area contributed by atoms with Gasteiger partial charge >= 0.3 is 5.97 Å². The van der Waals surface area contributed by atoms with Crippen LogP contribution in [0, 0.1) is 0 Å². The van der Waals surface area contributed by atoms with Crippen LogP contribution in [0.15, 0.2) is 5.10 Å². The maximum atomic E-state index is 10.3. The first kappa shape index (κ1) is 13.9. The summed E-state index contributed by atoms with van der Waals surface area (Å²) in [6.07, 6.45) is 2.94. The van der Waals surface area contributed by atoms with Crippen LogP contribution in [0.3, 0.4) is 0 Å². The van der Waals surface area contributed by atoms with Crippen molar-refractivity contribution >= 4 is 11.7 Å². The van der Waals surface area contributed by atoms with Crippen LogP contribution in [0.5, 0.6) is 0 Å². The average Bonchev–Trinajstić information content (AvgIpc) is 2.21. The molecule has 5 heteroatoms. The normalized spacial score (nSPS) is 11.5. The number of nitrogens with zero attached hydrogens (tertiary/aromatic N) is 1. The van der Waals surface area contributed by atoms with Crippen molar-refractivity contribution in [2.45, 2.75) is 33.1 Å². The van der Waals surface area contributed by atoms with Crippen molar-refractivity contribution < 1.29 is 14.6 Å². The summed E-state index contributed by atoms with van der Waals surface area (Å²) < 4.78 is 5.29. The molecule has 88 valence electrons. The second-order valence-electron chi connectivity index (χ2n) is 3.23. The van der Waals surface area contributed by atoms with E-state index in [-0.39, 0.29) is 5.71 Å². The molecule has 0 saturated heterocycles. The zero-order valence-electron chi connectivity index (χ0n) is 9.45. The molecule has 0 aliphatic rings. The van der Waals surface area contributed by atoms with Crippen molar-refractivity contribution in [3.63, 3.8) is 0 Å². The minimum atomic E-state index is -0.992. The highest BCUT2D eigenvalue weighted by atomic mass is 16.5. The monoisotopic (exact) mass is 216 g/mol. The highest BCUT2D eigenvalue weighted by molar-refractivity contribution is 6.34. The molecule has 0 amide bonds. The third kappa shape index (κ3) is 9.21. The number of carboxylic acids is 1. The Labute approximate surface area is 90.5 Å². The van der Waals surface area contributed by atoms with Crippen molar-refractivity contribution in [2.24, 2.45) is 5.10 Å². The largest absolute Gasteiger partial charge is 0.477 e. The van der Waals surface area contributed by atoms with Crippen molar-refractivity contribution in [2.75, 3.05) is 19.8 Å². The molecule has 0 bridgehead atoms. The van der Waals surface area contributed by atoms with Crippen molar-refractivity contribution in [3.05, 3.63) is 0 Å². The van der Waals surface area contributed by atoms with Crippen molar-refractivity contribution in [1.29, 1.82) is 0 Å². The second-order valence-corrected chi connectivity index (χ2v) is 3.23. The Kier molecular flexibility index (Phi) is 8.76. The van der Waals surface area contributed by atoms with E-state index < -0.39 is 5.97 Å².